The van der Waals surface area contributed by atoms with Gasteiger partial charge in [0.25, 0.3) is 0 Å². The van der Waals surface area contributed by atoms with Crippen molar-refractivity contribution in [2.75, 3.05) is 19.7 Å². The Morgan fingerprint density at radius 3 is 2.21 bits per heavy atom. The van der Waals surface area contributed by atoms with Crippen molar-refractivity contribution in [3.63, 3.8) is 0 Å². The number of aliphatic carboxylic acids is 1. The van der Waals surface area contributed by atoms with E-state index in [4.69, 9.17) is 4.74 Å². The highest BCUT2D eigenvalue weighted by Gasteiger charge is 2.44. The summed E-state index contributed by atoms with van der Waals surface area (Å²) in [5.74, 6) is -1.25. The lowest BCUT2D eigenvalue weighted by atomic mass is 9.74. The number of hydrogen-bond acceptors (Lipinski definition) is 4. The molecule has 0 aromatic heterocycles. The molecule has 0 bridgehead atoms. The van der Waals surface area contributed by atoms with Crippen LogP contribution >= 0.6 is 0 Å². The average Bonchev–Trinajstić information content (AvgIpc) is 2.22. The second-order valence-electron chi connectivity index (χ2n) is 6.45. The first-order chi connectivity index (χ1) is 8.50. The normalized spacial score (nSPS) is 18.6. The molecule has 110 valence electrons. The molecule has 0 aliphatic carbocycles. The maximum atomic E-state index is 11.9. The van der Waals surface area contributed by atoms with E-state index in [1.807, 2.05) is 6.92 Å². The van der Waals surface area contributed by atoms with E-state index < -0.39 is 16.9 Å². The van der Waals surface area contributed by atoms with Gasteiger partial charge in [0.05, 0.1) is 16.6 Å². The van der Waals surface area contributed by atoms with E-state index in [9.17, 15) is 14.7 Å². The van der Waals surface area contributed by atoms with Gasteiger partial charge in [0.1, 0.15) is 6.61 Å². The summed E-state index contributed by atoms with van der Waals surface area (Å²) < 4.78 is 5.52. The number of amides is 1. The standard InChI is InChI=1S/C13H24N2O4/c1-11(2,10(17)18)12(3,4)15-9(16)6-19-13(5)7-14-8-13/h14H,6-8H2,1-5H3,(H,15,16)(H,17,18). The third-order valence-corrected chi connectivity index (χ3v) is 4.10. The van der Waals surface area contributed by atoms with E-state index >= 15 is 0 Å². The Balaban J connectivity index is 2.53. The second-order valence-corrected chi connectivity index (χ2v) is 6.45. The molecule has 1 aliphatic heterocycles. The Morgan fingerprint density at radius 2 is 1.84 bits per heavy atom. The number of hydrogen-bond donors (Lipinski definition) is 3. The summed E-state index contributed by atoms with van der Waals surface area (Å²) in [6, 6.07) is 0. The molecule has 3 N–H and O–H groups in total. The van der Waals surface area contributed by atoms with Gasteiger partial charge in [-0.05, 0) is 34.6 Å². The summed E-state index contributed by atoms with van der Waals surface area (Å²) in [6.45, 7) is 9.91. The molecule has 6 heteroatoms. The van der Waals surface area contributed by atoms with E-state index in [-0.39, 0.29) is 18.1 Å². The van der Waals surface area contributed by atoms with Crippen molar-refractivity contribution >= 4 is 11.9 Å². The maximum Gasteiger partial charge on any atom is 0.311 e. The summed E-state index contributed by atoms with van der Waals surface area (Å²) in [5.41, 5.74) is -2.22. The van der Waals surface area contributed by atoms with Gasteiger partial charge in [0.2, 0.25) is 5.91 Å². The van der Waals surface area contributed by atoms with Crippen LogP contribution in [0.25, 0.3) is 0 Å². The Kier molecular flexibility index (Phi) is 4.27. The third kappa shape index (κ3) is 3.45. The minimum atomic E-state index is -1.06. The Bertz CT molecular complexity index is 373. The van der Waals surface area contributed by atoms with Crippen molar-refractivity contribution < 1.29 is 19.4 Å². The molecule has 6 nitrogen and oxygen atoms in total. The van der Waals surface area contributed by atoms with E-state index in [2.05, 4.69) is 10.6 Å². The van der Waals surface area contributed by atoms with Crippen LogP contribution in [0.15, 0.2) is 0 Å². The van der Waals surface area contributed by atoms with Crippen molar-refractivity contribution in [1.29, 1.82) is 0 Å². The predicted octanol–water partition coefficient (Wildman–Crippen LogP) is 0.370. The van der Waals surface area contributed by atoms with Crippen LogP contribution in [0, 0.1) is 5.41 Å². The van der Waals surface area contributed by atoms with Crippen LogP contribution in [0.2, 0.25) is 0 Å². The highest BCUT2D eigenvalue weighted by Crippen LogP contribution is 2.30. The van der Waals surface area contributed by atoms with E-state index in [0.29, 0.717) is 0 Å². The largest absolute Gasteiger partial charge is 0.481 e. The molecule has 0 radical (unpaired) electrons. The SMILES string of the molecule is CC1(OCC(=O)NC(C)(C)C(C)(C)C(=O)O)CNC1. The van der Waals surface area contributed by atoms with Gasteiger partial charge in [-0.25, -0.2) is 0 Å². The van der Waals surface area contributed by atoms with Gasteiger partial charge in [-0.15, -0.1) is 0 Å². The van der Waals surface area contributed by atoms with E-state index in [0.717, 1.165) is 13.1 Å². The van der Waals surface area contributed by atoms with Gasteiger partial charge in [-0.2, -0.15) is 0 Å². The van der Waals surface area contributed by atoms with Crippen LogP contribution in [-0.2, 0) is 14.3 Å². The fraction of sp³-hybridized carbons (Fsp3) is 0.846. The molecule has 1 amide bonds. The Labute approximate surface area is 113 Å². The average molecular weight is 272 g/mol. The number of carbonyl (C=O) groups is 2. The summed E-state index contributed by atoms with van der Waals surface area (Å²) in [5, 5.41) is 15.0. The molecule has 1 fully saturated rings. The molecule has 1 aliphatic rings. The van der Waals surface area contributed by atoms with Crippen molar-refractivity contribution in [3.05, 3.63) is 0 Å². The lowest BCUT2D eigenvalue weighted by Gasteiger charge is -2.41. The highest BCUT2D eigenvalue weighted by molar-refractivity contribution is 5.81. The summed E-state index contributed by atoms with van der Waals surface area (Å²) in [7, 11) is 0. The number of carboxylic acid groups (broad SMARTS) is 1. The van der Waals surface area contributed by atoms with Crippen LogP contribution in [0.5, 0.6) is 0 Å². The lowest BCUT2D eigenvalue weighted by Crippen LogP contribution is -2.61. The first-order valence-electron chi connectivity index (χ1n) is 6.39. The molecule has 0 spiro atoms. The summed E-state index contributed by atoms with van der Waals surface area (Å²) >= 11 is 0. The van der Waals surface area contributed by atoms with Gasteiger partial charge in [0.15, 0.2) is 0 Å². The third-order valence-electron chi connectivity index (χ3n) is 4.10. The molecule has 0 saturated carbocycles. The van der Waals surface area contributed by atoms with Crippen molar-refractivity contribution in [2.45, 2.75) is 45.8 Å². The lowest BCUT2D eigenvalue weighted by molar-refractivity contribution is -0.153. The van der Waals surface area contributed by atoms with E-state index in [1.165, 1.54) is 0 Å². The molecular weight excluding hydrogens is 248 g/mol. The Morgan fingerprint density at radius 1 is 1.32 bits per heavy atom. The minimum absolute atomic E-state index is 0.0582. The van der Waals surface area contributed by atoms with Gasteiger partial charge < -0.3 is 20.5 Å². The molecule has 0 unspecified atom stereocenters. The van der Waals surface area contributed by atoms with Crippen LogP contribution in [0.3, 0.4) is 0 Å². The summed E-state index contributed by atoms with van der Waals surface area (Å²) in [6.07, 6.45) is 0. The number of nitrogens with one attached hydrogen (secondary N) is 2. The zero-order valence-electron chi connectivity index (χ0n) is 12.3. The molecule has 1 heterocycles. The van der Waals surface area contributed by atoms with Crippen LogP contribution < -0.4 is 10.6 Å². The first kappa shape index (κ1) is 15.9. The van der Waals surface area contributed by atoms with Gasteiger partial charge in [0, 0.05) is 13.1 Å². The van der Waals surface area contributed by atoms with Crippen LogP contribution in [0.4, 0.5) is 0 Å². The molecule has 0 aromatic carbocycles. The monoisotopic (exact) mass is 272 g/mol. The molecule has 0 atom stereocenters. The quantitative estimate of drug-likeness (QED) is 0.650. The van der Waals surface area contributed by atoms with Crippen molar-refractivity contribution in [1.82, 2.24) is 10.6 Å². The topological polar surface area (TPSA) is 87.7 Å². The number of ether oxygens (including phenoxy) is 1. The summed E-state index contributed by atoms with van der Waals surface area (Å²) in [4.78, 5) is 23.1. The highest BCUT2D eigenvalue weighted by atomic mass is 16.5. The zero-order chi connectivity index (χ0) is 14.9. The number of rotatable bonds is 6. The second kappa shape index (κ2) is 5.09. The molecule has 1 saturated heterocycles. The van der Waals surface area contributed by atoms with Gasteiger partial charge >= 0.3 is 5.97 Å². The number of carboxylic acids is 1. The first-order valence-corrected chi connectivity index (χ1v) is 6.39. The fourth-order valence-corrected chi connectivity index (χ4v) is 1.63. The molecule has 0 aromatic rings. The zero-order valence-corrected chi connectivity index (χ0v) is 12.3. The maximum absolute atomic E-state index is 11.9. The minimum Gasteiger partial charge on any atom is -0.481 e. The van der Waals surface area contributed by atoms with E-state index in [1.54, 1.807) is 27.7 Å². The van der Waals surface area contributed by atoms with Gasteiger partial charge in [-0.1, -0.05) is 0 Å². The van der Waals surface area contributed by atoms with Crippen molar-refractivity contribution in [2.24, 2.45) is 5.41 Å². The predicted molar refractivity (Wildman–Crippen MR) is 70.9 cm³/mol. The molecular formula is C13H24N2O4. The molecule has 19 heavy (non-hydrogen) atoms. The fourth-order valence-electron chi connectivity index (χ4n) is 1.63. The molecule has 1 rings (SSSR count). The van der Waals surface area contributed by atoms with Crippen LogP contribution in [0.1, 0.15) is 34.6 Å². The Hall–Kier alpha value is -1.14. The van der Waals surface area contributed by atoms with Crippen LogP contribution in [-0.4, -0.2) is 47.8 Å². The van der Waals surface area contributed by atoms with Gasteiger partial charge in [-0.3, -0.25) is 9.59 Å². The smallest absolute Gasteiger partial charge is 0.311 e. The van der Waals surface area contributed by atoms with Crippen molar-refractivity contribution in [3.8, 4) is 0 Å². The number of carbonyl (C=O) groups excluding carboxylic acids is 1.